The lowest BCUT2D eigenvalue weighted by Crippen LogP contribution is -2.38. The first-order valence-electron chi connectivity index (χ1n) is 5.92. The predicted molar refractivity (Wildman–Crippen MR) is 74.9 cm³/mol. The predicted octanol–water partition coefficient (Wildman–Crippen LogP) is 0.338. The van der Waals surface area contributed by atoms with E-state index in [9.17, 15) is 8.42 Å². The van der Waals surface area contributed by atoms with Crippen LogP contribution in [-0.4, -0.2) is 42.3 Å². The normalized spacial score (nSPS) is 12.8. The second-order valence-corrected chi connectivity index (χ2v) is 5.77. The Bertz CT molecular complexity index is 534. The summed E-state index contributed by atoms with van der Waals surface area (Å²) in [5.41, 5.74) is 5.43. The van der Waals surface area contributed by atoms with Gasteiger partial charge in [0.05, 0.1) is 21.3 Å². The van der Waals surface area contributed by atoms with Gasteiger partial charge >= 0.3 is 0 Å². The number of sulfonamides is 1. The highest BCUT2D eigenvalue weighted by Crippen LogP contribution is 2.37. The molecule has 0 aliphatic carbocycles. The number of methoxy groups -OCH3 is 3. The number of benzene rings is 1. The number of rotatable bonds is 7. The molecule has 1 aromatic rings. The van der Waals surface area contributed by atoms with Gasteiger partial charge < -0.3 is 19.9 Å². The minimum Gasteiger partial charge on any atom is -0.496 e. The van der Waals surface area contributed by atoms with Crippen molar-refractivity contribution in [3.05, 3.63) is 12.1 Å². The van der Waals surface area contributed by atoms with Crippen molar-refractivity contribution in [1.29, 1.82) is 0 Å². The van der Waals surface area contributed by atoms with Gasteiger partial charge in [-0.3, -0.25) is 0 Å². The molecule has 0 radical (unpaired) electrons. The number of hydrogen-bond acceptors (Lipinski definition) is 6. The summed E-state index contributed by atoms with van der Waals surface area (Å²) in [6.07, 6.45) is 0. The largest absolute Gasteiger partial charge is 0.496 e. The zero-order valence-corrected chi connectivity index (χ0v) is 12.8. The van der Waals surface area contributed by atoms with Crippen LogP contribution in [-0.2, 0) is 10.0 Å². The molecule has 0 saturated heterocycles. The Labute approximate surface area is 119 Å². The molecule has 1 aromatic carbocycles. The lowest BCUT2D eigenvalue weighted by molar-refractivity contribution is 0.358. The highest BCUT2D eigenvalue weighted by atomic mass is 32.2. The quantitative estimate of drug-likeness (QED) is 0.753. The van der Waals surface area contributed by atoms with Crippen LogP contribution < -0.4 is 24.7 Å². The molecule has 0 unspecified atom stereocenters. The Morgan fingerprint density at radius 1 is 1.15 bits per heavy atom. The summed E-state index contributed by atoms with van der Waals surface area (Å²) in [5.74, 6) is 0.709. The average molecular weight is 304 g/mol. The van der Waals surface area contributed by atoms with E-state index in [1.54, 1.807) is 6.92 Å². The summed E-state index contributed by atoms with van der Waals surface area (Å²) >= 11 is 0. The third-order valence-electron chi connectivity index (χ3n) is 2.65. The fourth-order valence-corrected chi connectivity index (χ4v) is 3.17. The van der Waals surface area contributed by atoms with Crippen molar-refractivity contribution in [2.75, 3.05) is 27.9 Å². The van der Waals surface area contributed by atoms with Gasteiger partial charge in [-0.1, -0.05) is 0 Å². The Kier molecular flexibility index (Phi) is 5.61. The van der Waals surface area contributed by atoms with E-state index < -0.39 is 16.1 Å². The first kappa shape index (κ1) is 16.5. The molecule has 0 fully saturated rings. The van der Waals surface area contributed by atoms with Crippen LogP contribution in [0.15, 0.2) is 17.0 Å². The molecule has 0 aliphatic heterocycles. The van der Waals surface area contributed by atoms with Crippen LogP contribution in [0.3, 0.4) is 0 Å². The first-order valence-corrected chi connectivity index (χ1v) is 7.40. The van der Waals surface area contributed by atoms with E-state index in [0.717, 1.165) is 0 Å². The topological polar surface area (TPSA) is 99.9 Å². The zero-order chi connectivity index (χ0) is 15.3. The smallest absolute Gasteiger partial charge is 0.248 e. The molecule has 1 rings (SSSR count). The maximum Gasteiger partial charge on any atom is 0.248 e. The molecule has 3 N–H and O–H groups in total. The molecule has 0 amide bonds. The number of hydrogen-bond donors (Lipinski definition) is 2. The maximum atomic E-state index is 12.4. The Morgan fingerprint density at radius 2 is 1.65 bits per heavy atom. The van der Waals surface area contributed by atoms with Crippen LogP contribution in [0.1, 0.15) is 6.92 Å². The van der Waals surface area contributed by atoms with Gasteiger partial charge in [-0.05, 0) is 6.92 Å². The molecule has 7 nitrogen and oxygen atoms in total. The van der Waals surface area contributed by atoms with Crippen LogP contribution in [0, 0.1) is 0 Å². The lowest BCUT2D eigenvalue weighted by atomic mass is 10.3. The van der Waals surface area contributed by atoms with Gasteiger partial charge in [-0.25, -0.2) is 13.1 Å². The van der Waals surface area contributed by atoms with Gasteiger partial charge in [0.1, 0.15) is 17.2 Å². The van der Waals surface area contributed by atoms with Crippen molar-refractivity contribution in [1.82, 2.24) is 4.72 Å². The monoisotopic (exact) mass is 304 g/mol. The molecule has 0 heterocycles. The fourth-order valence-electron chi connectivity index (χ4n) is 1.61. The van der Waals surface area contributed by atoms with E-state index in [2.05, 4.69) is 4.72 Å². The molecule has 1 atom stereocenters. The van der Waals surface area contributed by atoms with E-state index in [-0.39, 0.29) is 22.9 Å². The van der Waals surface area contributed by atoms with Gasteiger partial charge in [0, 0.05) is 24.7 Å². The van der Waals surface area contributed by atoms with Crippen molar-refractivity contribution in [2.24, 2.45) is 5.73 Å². The van der Waals surface area contributed by atoms with Gasteiger partial charge in [0.15, 0.2) is 4.90 Å². The molecular weight excluding hydrogens is 284 g/mol. The molecule has 0 spiro atoms. The molecule has 114 valence electrons. The van der Waals surface area contributed by atoms with Crippen molar-refractivity contribution >= 4 is 10.0 Å². The minimum absolute atomic E-state index is 0.0800. The highest BCUT2D eigenvalue weighted by Gasteiger charge is 2.27. The Balaban J connectivity index is 3.42. The third-order valence-corrected chi connectivity index (χ3v) is 4.30. The fraction of sp³-hybridized carbons (Fsp3) is 0.500. The number of nitrogens with two attached hydrogens (primary N) is 1. The summed E-state index contributed by atoms with van der Waals surface area (Å²) in [6.45, 7) is 1.85. The summed E-state index contributed by atoms with van der Waals surface area (Å²) < 4.78 is 42.6. The third kappa shape index (κ3) is 3.53. The minimum atomic E-state index is -3.82. The number of nitrogens with one attached hydrogen (secondary N) is 1. The van der Waals surface area contributed by atoms with Crippen LogP contribution in [0.25, 0.3) is 0 Å². The second-order valence-electron chi connectivity index (χ2n) is 4.12. The Hall–Kier alpha value is -1.51. The van der Waals surface area contributed by atoms with Gasteiger partial charge in [-0.15, -0.1) is 0 Å². The summed E-state index contributed by atoms with van der Waals surface area (Å²) in [7, 11) is 0.401. The summed E-state index contributed by atoms with van der Waals surface area (Å²) in [4.78, 5) is -0.0800. The van der Waals surface area contributed by atoms with Crippen molar-refractivity contribution in [2.45, 2.75) is 17.9 Å². The van der Waals surface area contributed by atoms with Crippen LogP contribution >= 0.6 is 0 Å². The van der Waals surface area contributed by atoms with E-state index >= 15 is 0 Å². The van der Waals surface area contributed by atoms with Gasteiger partial charge in [-0.2, -0.15) is 0 Å². The standard InChI is InChI=1S/C12H20N2O5S/c1-8(7-13)14-20(15,16)12-10(18-3)5-9(17-2)6-11(12)19-4/h5-6,8,14H,7,13H2,1-4H3/t8-/m0/s1. The molecule has 8 heteroatoms. The van der Waals surface area contributed by atoms with E-state index in [1.165, 1.54) is 33.5 Å². The summed E-state index contributed by atoms with van der Waals surface area (Å²) in [6, 6.07) is 2.55. The summed E-state index contributed by atoms with van der Waals surface area (Å²) in [5, 5.41) is 0. The van der Waals surface area contributed by atoms with Crippen molar-refractivity contribution in [3.8, 4) is 17.2 Å². The second kappa shape index (κ2) is 6.78. The number of ether oxygens (including phenoxy) is 3. The van der Waals surface area contributed by atoms with Crippen molar-refractivity contribution < 1.29 is 22.6 Å². The molecule has 20 heavy (non-hydrogen) atoms. The maximum absolute atomic E-state index is 12.4. The first-order chi connectivity index (χ1) is 9.39. The molecule has 0 aromatic heterocycles. The molecule has 0 bridgehead atoms. The van der Waals surface area contributed by atoms with E-state index in [0.29, 0.717) is 5.75 Å². The lowest BCUT2D eigenvalue weighted by Gasteiger charge is -2.17. The molecular formula is C12H20N2O5S. The molecule has 0 aliphatic rings. The Morgan fingerprint density at radius 3 is 2.00 bits per heavy atom. The SMILES string of the molecule is COc1cc(OC)c(S(=O)(=O)N[C@@H](C)CN)c(OC)c1. The van der Waals surface area contributed by atoms with Crippen LogP contribution in [0.2, 0.25) is 0 Å². The van der Waals surface area contributed by atoms with Crippen LogP contribution in [0.5, 0.6) is 17.2 Å². The van der Waals surface area contributed by atoms with E-state index in [1.807, 2.05) is 0 Å². The average Bonchev–Trinajstić information content (AvgIpc) is 2.44. The molecule has 0 saturated carbocycles. The van der Waals surface area contributed by atoms with Crippen molar-refractivity contribution in [3.63, 3.8) is 0 Å². The highest BCUT2D eigenvalue weighted by molar-refractivity contribution is 7.89. The van der Waals surface area contributed by atoms with Crippen LogP contribution in [0.4, 0.5) is 0 Å². The van der Waals surface area contributed by atoms with Gasteiger partial charge in [0.25, 0.3) is 0 Å². The van der Waals surface area contributed by atoms with Gasteiger partial charge in [0.2, 0.25) is 10.0 Å². The van der Waals surface area contributed by atoms with E-state index in [4.69, 9.17) is 19.9 Å². The zero-order valence-electron chi connectivity index (χ0n) is 12.0.